The van der Waals surface area contributed by atoms with Gasteiger partial charge in [0.05, 0.1) is 0 Å². The van der Waals surface area contributed by atoms with Crippen LogP contribution >= 0.6 is 0 Å². The molecule has 1 unspecified atom stereocenters. The van der Waals surface area contributed by atoms with Gasteiger partial charge in [0.25, 0.3) is 0 Å². The average molecular weight is 669 g/mol. The van der Waals surface area contributed by atoms with Crippen molar-refractivity contribution in [1.29, 1.82) is 0 Å². The van der Waals surface area contributed by atoms with Crippen molar-refractivity contribution in [3.05, 3.63) is 83.2 Å². The van der Waals surface area contributed by atoms with Gasteiger partial charge in [-0.15, -0.1) is 0 Å². The third-order valence-electron chi connectivity index (χ3n) is 10.6. The van der Waals surface area contributed by atoms with Crippen molar-refractivity contribution in [2.75, 3.05) is 6.54 Å². The second kappa shape index (κ2) is 14.3. The summed E-state index contributed by atoms with van der Waals surface area (Å²) in [4.78, 5) is 43.1. The third kappa shape index (κ3) is 8.49. The van der Waals surface area contributed by atoms with E-state index < -0.39 is 17.2 Å². The monoisotopic (exact) mass is 668 g/mol. The number of esters is 1. The first-order valence-corrected chi connectivity index (χ1v) is 17.9. The van der Waals surface area contributed by atoms with Crippen LogP contribution in [0.2, 0.25) is 0 Å². The van der Waals surface area contributed by atoms with Crippen LogP contribution in [0.25, 0.3) is 10.9 Å². The molecule has 9 heteroatoms. The molecule has 1 atom stereocenters. The van der Waals surface area contributed by atoms with Gasteiger partial charge in [0.2, 0.25) is 5.91 Å². The van der Waals surface area contributed by atoms with Crippen LogP contribution in [-0.2, 0) is 38.4 Å². The number of aromatic amines is 1. The number of carbonyl (C=O) groups is 3. The number of para-hydroxylation sites is 1. The first-order valence-electron chi connectivity index (χ1n) is 17.9. The summed E-state index contributed by atoms with van der Waals surface area (Å²) in [7, 11) is 0. The van der Waals surface area contributed by atoms with Crippen LogP contribution in [0.5, 0.6) is 0 Å². The Bertz CT molecular complexity index is 1680. The van der Waals surface area contributed by atoms with E-state index >= 15 is 0 Å². The smallest absolute Gasteiger partial charge is 0.408 e. The minimum atomic E-state index is -1.24. The fraction of sp³-hybridized carbons (Fsp3) is 0.525. The van der Waals surface area contributed by atoms with Crippen molar-refractivity contribution in [3.8, 4) is 0 Å². The number of aromatic nitrogens is 1. The van der Waals surface area contributed by atoms with Gasteiger partial charge in [-0.25, -0.2) is 9.59 Å². The van der Waals surface area contributed by atoms with Crippen LogP contribution in [0.15, 0.2) is 66.5 Å². The lowest BCUT2D eigenvalue weighted by molar-refractivity contribution is -0.148. The fourth-order valence-corrected chi connectivity index (χ4v) is 8.56. The van der Waals surface area contributed by atoms with E-state index in [0.717, 1.165) is 65.1 Å². The number of H-pyrrole nitrogens is 1. The zero-order valence-electron chi connectivity index (χ0n) is 29.6. The Morgan fingerprint density at radius 2 is 1.51 bits per heavy atom. The maximum Gasteiger partial charge on any atom is 0.408 e. The van der Waals surface area contributed by atoms with E-state index in [4.69, 9.17) is 9.47 Å². The van der Waals surface area contributed by atoms with E-state index in [1.54, 1.807) is 6.92 Å². The van der Waals surface area contributed by atoms with E-state index in [-0.39, 0.29) is 18.0 Å². The molecule has 1 aromatic heterocycles. The summed E-state index contributed by atoms with van der Waals surface area (Å²) in [5, 5.41) is 10.5. The molecule has 3 aromatic rings. The summed E-state index contributed by atoms with van der Waals surface area (Å²) in [5.74, 6) is 1.78. The summed E-state index contributed by atoms with van der Waals surface area (Å²) >= 11 is 0. The SMILES string of the molecule is CC(=CC(=O)OC(C)(C)C)NCc1ccccc1CCNC(=O)C(C)(Cc1c[nH]c2ccccc12)NC(=O)OC1C2CC3CC(C2)CC1C3. The Morgan fingerprint density at radius 3 is 2.20 bits per heavy atom. The second-order valence-corrected chi connectivity index (χ2v) is 15.8. The van der Waals surface area contributed by atoms with Crippen LogP contribution < -0.4 is 16.0 Å². The van der Waals surface area contributed by atoms with Crippen molar-refractivity contribution in [3.63, 3.8) is 0 Å². The second-order valence-electron chi connectivity index (χ2n) is 15.8. The summed E-state index contributed by atoms with van der Waals surface area (Å²) in [6.45, 7) is 10.1. The van der Waals surface area contributed by atoms with Gasteiger partial charge in [-0.2, -0.15) is 0 Å². The van der Waals surface area contributed by atoms with E-state index in [2.05, 4.69) is 20.9 Å². The van der Waals surface area contributed by atoms with Crippen molar-refractivity contribution >= 4 is 28.9 Å². The Hall–Kier alpha value is -4.27. The standard InChI is InChI=1S/C40H52N4O5/c1-25(16-35(45)49-39(2,3)4)42-23-29-11-7-6-10-28(29)14-15-41-37(46)40(5,22-32-24-43-34-13-9-8-12-33(32)34)44-38(47)48-36-30-18-26-17-27(20-30)21-31(36)19-26/h6-13,16,24,26-27,30-31,36,42-43H,14-15,17-23H2,1-5H3,(H,41,46)(H,44,47). The fourth-order valence-electron chi connectivity index (χ4n) is 8.56. The number of ether oxygens (including phenoxy) is 2. The normalized spacial score (nSPS) is 24.3. The molecule has 0 spiro atoms. The van der Waals surface area contributed by atoms with Gasteiger partial charge < -0.3 is 30.4 Å². The predicted molar refractivity (Wildman–Crippen MR) is 190 cm³/mol. The highest BCUT2D eigenvalue weighted by atomic mass is 16.6. The molecule has 0 radical (unpaired) electrons. The van der Waals surface area contributed by atoms with Crippen LogP contribution in [0, 0.1) is 23.7 Å². The zero-order valence-corrected chi connectivity index (χ0v) is 29.6. The number of allylic oxidation sites excluding steroid dienone is 1. The first kappa shape index (κ1) is 34.6. The number of amides is 2. The van der Waals surface area contributed by atoms with E-state index in [9.17, 15) is 14.4 Å². The number of rotatable bonds is 12. The largest absolute Gasteiger partial charge is 0.457 e. The van der Waals surface area contributed by atoms with Gasteiger partial charge in [0.1, 0.15) is 17.2 Å². The van der Waals surface area contributed by atoms with E-state index in [1.807, 2.05) is 82.4 Å². The lowest BCUT2D eigenvalue weighted by atomic mass is 9.55. The van der Waals surface area contributed by atoms with Crippen LogP contribution in [-0.4, -0.2) is 46.7 Å². The molecule has 4 saturated carbocycles. The molecule has 2 aromatic carbocycles. The number of carbonyl (C=O) groups excluding carboxylic acids is 3. The molecule has 7 rings (SSSR count). The van der Waals surface area contributed by atoms with Crippen molar-refractivity contribution in [2.45, 2.75) is 103 Å². The minimum absolute atomic E-state index is 0.0686. The predicted octanol–water partition coefficient (Wildman–Crippen LogP) is 6.71. The quantitative estimate of drug-likeness (QED) is 0.126. The molecule has 4 fully saturated rings. The van der Waals surface area contributed by atoms with Crippen molar-refractivity contribution < 1.29 is 23.9 Å². The number of hydrogen-bond donors (Lipinski definition) is 4. The molecule has 4 bridgehead atoms. The number of benzene rings is 2. The lowest BCUT2D eigenvalue weighted by Crippen LogP contribution is -2.60. The number of nitrogens with one attached hydrogen (secondary N) is 4. The molecular weight excluding hydrogens is 616 g/mol. The molecule has 4 N–H and O–H groups in total. The summed E-state index contributed by atoms with van der Waals surface area (Å²) < 4.78 is 11.6. The van der Waals surface area contributed by atoms with Gasteiger partial charge in [-0.05, 0) is 120 Å². The molecule has 0 aliphatic heterocycles. The number of hydrogen-bond acceptors (Lipinski definition) is 6. The molecule has 9 nitrogen and oxygen atoms in total. The Labute approximate surface area is 290 Å². The first-order chi connectivity index (χ1) is 23.3. The molecule has 1 heterocycles. The Kier molecular flexibility index (Phi) is 10.1. The number of fused-ring (bicyclic) bond motifs is 1. The molecule has 49 heavy (non-hydrogen) atoms. The molecule has 4 aliphatic rings. The molecular formula is C40H52N4O5. The van der Waals surface area contributed by atoms with Crippen LogP contribution in [0.4, 0.5) is 4.79 Å². The molecule has 2 amide bonds. The summed E-state index contributed by atoms with van der Waals surface area (Å²) in [6, 6.07) is 16.0. The third-order valence-corrected chi connectivity index (χ3v) is 10.6. The van der Waals surface area contributed by atoms with Crippen molar-refractivity contribution in [1.82, 2.24) is 20.9 Å². The average Bonchev–Trinajstić information content (AvgIpc) is 3.43. The van der Waals surface area contributed by atoms with Gasteiger partial charge in [-0.1, -0.05) is 42.5 Å². The summed E-state index contributed by atoms with van der Waals surface area (Å²) in [6.07, 6.45) is 9.63. The van der Waals surface area contributed by atoms with Crippen LogP contribution in [0.1, 0.15) is 83.4 Å². The molecule has 262 valence electrons. The van der Waals surface area contributed by atoms with Crippen LogP contribution in [0.3, 0.4) is 0 Å². The number of alkyl carbamates (subject to hydrolysis) is 1. The molecule has 0 saturated heterocycles. The van der Waals surface area contributed by atoms with E-state index in [1.165, 1.54) is 12.5 Å². The lowest BCUT2D eigenvalue weighted by Gasteiger charge is -2.53. The maximum atomic E-state index is 14.0. The zero-order chi connectivity index (χ0) is 34.8. The summed E-state index contributed by atoms with van der Waals surface area (Å²) in [5.41, 5.74) is 2.99. The van der Waals surface area contributed by atoms with Gasteiger partial charge in [-0.3, -0.25) is 4.79 Å². The minimum Gasteiger partial charge on any atom is -0.457 e. The Morgan fingerprint density at radius 1 is 0.857 bits per heavy atom. The van der Waals surface area contributed by atoms with E-state index in [0.29, 0.717) is 43.5 Å². The molecule has 4 aliphatic carbocycles. The van der Waals surface area contributed by atoms with Gasteiger partial charge in [0, 0.05) is 48.4 Å². The maximum absolute atomic E-state index is 14.0. The highest BCUT2D eigenvalue weighted by Crippen LogP contribution is 2.54. The van der Waals surface area contributed by atoms with Crippen molar-refractivity contribution in [2.24, 2.45) is 23.7 Å². The Balaban J connectivity index is 1.10. The highest BCUT2D eigenvalue weighted by Gasteiger charge is 2.50. The highest BCUT2D eigenvalue weighted by molar-refractivity contribution is 5.91. The topological polar surface area (TPSA) is 122 Å². The van der Waals surface area contributed by atoms with Gasteiger partial charge in [0.15, 0.2) is 0 Å². The van der Waals surface area contributed by atoms with Gasteiger partial charge >= 0.3 is 12.1 Å².